The predicted octanol–water partition coefficient (Wildman–Crippen LogP) is 4.61. The molecule has 0 heterocycles. The summed E-state index contributed by atoms with van der Waals surface area (Å²) in [6.07, 6.45) is 3.73. The van der Waals surface area contributed by atoms with Crippen molar-refractivity contribution < 1.29 is 0 Å². The third kappa shape index (κ3) is 3.49. The predicted molar refractivity (Wildman–Crippen MR) is 79.3 cm³/mol. The van der Waals surface area contributed by atoms with Crippen LogP contribution in [0.15, 0.2) is 24.3 Å². The van der Waals surface area contributed by atoms with Gasteiger partial charge in [0.05, 0.1) is 0 Å². The van der Waals surface area contributed by atoms with Crippen LogP contribution in [0.4, 0.5) is 0 Å². The van der Waals surface area contributed by atoms with Crippen molar-refractivity contribution in [1.29, 1.82) is 0 Å². The van der Waals surface area contributed by atoms with Gasteiger partial charge in [0.2, 0.25) is 0 Å². The lowest BCUT2D eigenvalue weighted by Gasteiger charge is -2.38. The monoisotopic (exact) mass is 265 g/mol. The molecule has 2 heteroatoms. The van der Waals surface area contributed by atoms with Crippen LogP contribution in [-0.4, -0.2) is 12.6 Å². The van der Waals surface area contributed by atoms with Gasteiger partial charge in [-0.1, -0.05) is 44.5 Å². The second-order valence-electron chi connectivity index (χ2n) is 6.32. The van der Waals surface area contributed by atoms with Gasteiger partial charge < -0.3 is 5.32 Å². The van der Waals surface area contributed by atoms with Gasteiger partial charge in [-0.25, -0.2) is 0 Å². The van der Waals surface area contributed by atoms with E-state index < -0.39 is 0 Å². The van der Waals surface area contributed by atoms with E-state index in [1.165, 1.54) is 24.8 Å². The maximum Gasteiger partial charge on any atom is 0.0408 e. The number of benzene rings is 1. The van der Waals surface area contributed by atoms with Crippen LogP contribution in [0.5, 0.6) is 0 Å². The number of hydrogen-bond acceptors (Lipinski definition) is 1. The van der Waals surface area contributed by atoms with Gasteiger partial charge in [-0.05, 0) is 48.3 Å². The van der Waals surface area contributed by atoms with Crippen LogP contribution in [-0.2, 0) is 0 Å². The molecular weight excluding hydrogens is 242 g/mol. The second kappa shape index (κ2) is 5.63. The molecule has 0 atom stereocenters. The van der Waals surface area contributed by atoms with Crippen LogP contribution < -0.4 is 5.32 Å². The van der Waals surface area contributed by atoms with Gasteiger partial charge >= 0.3 is 0 Å². The zero-order chi connectivity index (χ0) is 13.2. The average Bonchev–Trinajstić information content (AvgIpc) is 2.27. The summed E-state index contributed by atoms with van der Waals surface area (Å²) < 4.78 is 0. The van der Waals surface area contributed by atoms with Gasteiger partial charge in [-0.2, -0.15) is 0 Å². The molecule has 1 aliphatic rings. The molecule has 1 saturated carbocycles. The summed E-state index contributed by atoms with van der Waals surface area (Å²) in [5.74, 6) is 0.700. The van der Waals surface area contributed by atoms with E-state index in [9.17, 15) is 0 Å². The van der Waals surface area contributed by atoms with E-state index in [0.29, 0.717) is 17.4 Å². The maximum atomic E-state index is 6.03. The lowest BCUT2D eigenvalue weighted by molar-refractivity contribution is 0.239. The van der Waals surface area contributed by atoms with Crippen LogP contribution in [0.1, 0.15) is 51.5 Å². The van der Waals surface area contributed by atoms with Gasteiger partial charge in [0.25, 0.3) is 0 Å². The first-order valence-corrected chi connectivity index (χ1v) is 7.37. The Bertz CT molecular complexity index is 394. The molecule has 18 heavy (non-hydrogen) atoms. The fourth-order valence-electron chi connectivity index (χ4n) is 2.36. The van der Waals surface area contributed by atoms with Gasteiger partial charge in [-0.3, -0.25) is 0 Å². The lowest BCUT2D eigenvalue weighted by atomic mass is 9.75. The highest BCUT2D eigenvalue weighted by atomic mass is 35.5. The largest absolute Gasteiger partial charge is 0.313 e. The minimum atomic E-state index is 0.418. The molecule has 0 amide bonds. The average molecular weight is 266 g/mol. The van der Waals surface area contributed by atoms with Crippen molar-refractivity contribution in [3.05, 3.63) is 34.9 Å². The molecular formula is C16H24ClN. The van der Waals surface area contributed by atoms with Gasteiger partial charge in [0.1, 0.15) is 0 Å². The topological polar surface area (TPSA) is 12.0 Å². The molecule has 0 aliphatic heterocycles. The zero-order valence-corrected chi connectivity index (χ0v) is 12.4. The Labute approximate surface area is 116 Å². The van der Waals surface area contributed by atoms with Crippen LogP contribution in [0.25, 0.3) is 0 Å². The zero-order valence-electron chi connectivity index (χ0n) is 11.7. The smallest absolute Gasteiger partial charge is 0.0408 e. The highest BCUT2D eigenvalue weighted by molar-refractivity contribution is 6.30. The molecule has 0 aromatic heterocycles. The highest BCUT2D eigenvalue weighted by Gasteiger charge is 2.31. The molecule has 100 valence electrons. The van der Waals surface area contributed by atoms with E-state index in [-0.39, 0.29) is 0 Å². The fraction of sp³-hybridized carbons (Fsp3) is 0.625. The van der Waals surface area contributed by atoms with Gasteiger partial charge in [-0.15, -0.1) is 0 Å². The first-order chi connectivity index (χ1) is 8.50. The summed E-state index contributed by atoms with van der Waals surface area (Å²) in [5, 5.41) is 4.55. The molecule has 2 rings (SSSR count). The van der Waals surface area contributed by atoms with Crippen LogP contribution >= 0.6 is 11.6 Å². The fourth-order valence-corrected chi connectivity index (χ4v) is 2.56. The van der Waals surface area contributed by atoms with E-state index in [0.717, 1.165) is 11.6 Å². The third-order valence-corrected chi connectivity index (χ3v) is 4.52. The number of nitrogens with one attached hydrogen (secondary N) is 1. The molecule has 0 unspecified atom stereocenters. The molecule has 1 aromatic carbocycles. The summed E-state index contributed by atoms with van der Waals surface area (Å²) in [4.78, 5) is 0. The standard InChI is InChI=1S/C16H24ClN/c1-4-16(2,3)11-18-15-9-13(10-15)12-6-5-7-14(17)8-12/h5-8,13,15,18H,4,9-11H2,1-3H3. The molecule has 1 fully saturated rings. The summed E-state index contributed by atoms with van der Waals surface area (Å²) in [6.45, 7) is 8.04. The van der Waals surface area contributed by atoms with E-state index in [1.807, 2.05) is 6.07 Å². The molecule has 0 spiro atoms. The Morgan fingerprint density at radius 2 is 2.06 bits per heavy atom. The van der Waals surface area contributed by atoms with Crippen molar-refractivity contribution in [3.8, 4) is 0 Å². The third-order valence-electron chi connectivity index (χ3n) is 4.28. The summed E-state index contributed by atoms with van der Waals surface area (Å²) in [7, 11) is 0. The minimum Gasteiger partial charge on any atom is -0.313 e. The van der Waals surface area contributed by atoms with Crippen molar-refractivity contribution in [2.45, 2.75) is 52.0 Å². The molecule has 0 saturated heterocycles. The number of halogens is 1. The van der Waals surface area contributed by atoms with Gasteiger partial charge in [0.15, 0.2) is 0 Å². The molecule has 1 aliphatic carbocycles. The van der Waals surface area contributed by atoms with Crippen molar-refractivity contribution in [1.82, 2.24) is 5.32 Å². The van der Waals surface area contributed by atoms with Crippen LogP contribution in [0.2, 0.25) is 5.02 Å². The first kappa shape index (κ1) is 13.9. The van der Waals surface area contributed by atoms with Crippen LogP contribution in [0.3, 0.4) is 0 Å². The Kier molecular flexibility index (Phi) is 4.34. The van der Waals surface area contributed by atoms with E-state index in [1.54, 1.807) is 0 Å². The Morgan fingerprint density at radius 1 is 1.33 bits per heavy atom. The Morgan fingerprint density at radius 3 is 2.67 bits per heavy atom. The maximum absolute atomic E-state index is 6.03. The molecule has 1 nitrogen and oxygen atoms in total. The molecule has 1 N–H and O–H groups in total. The Hall–Kier alpha value is -0.530. The first-order valence-electron chi connectivity index (χ1n) is 6.99. The minimum absolute atomic E-state index is 0.418. The number of rotatable bonds is 5. The van der Waals surface area contributed by atoms with Crippen molar-refractivity contribution >= 4 is 11.6 Å². The highest BCUT2D eigenvalue weighted by Crippen LogP contribution is 2.38. The molecule has 0 bridgehead atoms. The molecule has 0 radical (unpaired) electrons. The van der Waals surface area contributed by atoms with Crippen LogP contribution in [0, 0.1) is 5.41 Å². The summed E-state index contributed by atoms with van der Waals surface area (Å²) in [6, 6.07) is 9.00. The van der Waals surface area contributed by atoms with E-state index in [4.69, 9.17) is 11.6 Å². The van der Waals surface area contributed by atoms with Crippen molar-refractivity contribution in [2.24, 2.45) is 5.41 Å². The Balaban J connectivity index is 1.77. The van der Waals surface area contributed by atoms with Crippen molar-refractivity contribution in [3.63, 3.8) is 0 Å². The summed E-state index contributed by atoms with van der Waals surface area (Å²) >= 11 is 6.03. The SMILES string of the molecule is CCC(C)(C)CNC1CC(c2cccc(Cl)c2)C1. The normalized spacial score (nSPS) is 23.8. The van der Waals surface area contributed by atoms with Gasteiger partial charge in [0, 0.05) is 17.6 Å². The van der Waals surface area contributed by atoms with E-state index >= 15 is 0 Å². The van der Waals surface area contributed by atoms with E-state index in [2.05, 4.69) is 44.3 Å². The summed E-state index contributed by atoms with van der Waals surface area (Å²) in [5.41, 5.74) is 1.82. The lowest BCUT2D eigenvalue weighted by Crippen LogP contribution is -2.44. The second-order valence-corrected chi connectivity index (χ2v) is 6.76. The van der Waals surface area contributed by atoms with Crippen molar-refractivity contribution in [2.75, 3.05) is 6.54 Å². The quantitative estimate of drug-likeness (QED) is 0.820. The molecule has 1 aromatic rings. The number of hydrogen-bond donors (Lipinski definition) is 1.